The van der Waals surface area contributed by atoms with Crippen LogP contribution in [0.3, 0.4) is 0 Å². The van der Waals surface area contributed by atoms with Crippen LogP contribution >= 0.6 is 0 Å². The first-order valence-electron chi connectivity index (χ1n) is 12.2. The van der Waals surface area contributed by atoms with Gasteiger partial charge in [-0.05, 0) is 36.6 Å². The van der Waals surface area contributed by atoms with Crippen LogP contribution in [-0.4, -0.2) is 30.2 Å². The second-order valence-electron chi connectivity index (χ2n) is 10.00. The minimum Gasteiger partial charge on any atom is -1.00 e. The van der Waals surface area contributed by atoms with Crippen molar-refractivity contribution in [2.75, 3.05) is 19.6 Å². The van der Waals surface area contributed by atoms with E-state index < -0.39 is 0 Å². The summed E-state index contributed by atoms with van der Waals surface area (Å²) >= 11 is 0. The van der Waals surface area contributed by atoms with Gasteiger partial charge in [0.2, 0.25) is 0 Å². The average Bonchev–Trinajstić information content (AvgIpc) is 3.62. The number of hydrogen-bond donors (Lipinski definition) is 1. The zero-order chi connectivity index (χ0) is 22.7. The predicted molar refractivity (Wildman–Crippen MR) is 129 cm³/mol. The standard InChI is InChI=1S/C29H33F2N2.ClH/c30-27-12-6-4-10-24(27)20-33(21-25-11-5-7-13-28(25)31)16-14-22(15-17-33)19-32-29-18-26(29)23-8-2-1-3-9-23;/h1-13,22,26,29,32H,14-21H2;1H/q+1;/p-1/t26-,29+;/m0./s1. The van der Waals surface area contributed by atoms with Crippen molar-refractivity contribution in [3.05, 3.63) is 107 Å². The summed E-state index contributed by atoms with van der Waals surface area (Å²) in [4.78, 5) is 0. The third kappa shape index (κ3) is 5.86. The molecule has 34 heavy (non-hydrogen) atoms. The van der Waals surface area contributed by atoms with E-state index in [1.165, 1.54) is 24.1 Å². The van der Waals surface area contributed by atoms with Crippen LogP contribution in [0.2, 0.25) is 0 Å². The normalized spacial score (nSPS) is 21.6. The van der Waals surface area contributed by atoms with Crippen molar-refractivity contribution in [3.8, 4) is 0 Å². The summed E-state index contributed by atoms with van der Waals surface area (Å²) in [5.41, 5.74) is 2.90. The maximum atomic E-state index is 14.5. The number of nitrogens with one attached hydrogen (secondary N) is 1. The SMILES string of the molecule is Fc1ccccc1C[N+]1(Cc2ccccc2F)CCC(CN[C@@H]2C[C@H]2c2ccccc2)CC1.[Cl-]. The molecular formula is C29H33ClF2N2. The Balaban J connectivity index is 0.00000274. The number of nitrogens with zero attached hydrogens (tertiary/aromatic N) is 1. The Kier molecular flexibility index (Phi) is 8.02. The molecule has 0 spiro atoms. The molecule has 1 saturated heterocycles. The molecule has 2 nitrogen and oxygen atoms in total. The average molecular weight is 483 g/mol. The first-order chi connectivity index (χ1) is 16.1. The Hall–Kier alpha value is -2.27. The van der Waals surface area contributed by atoms with Crippen molar-refractivity contribution < 1.29 is 25.7 Å². The molecule has 2 aliphatic rings. The molecule has 1 saturated carbocycles. The maximum absolute atomic E-state index is 14.5. The summed E-state index contributed by atoms with van der Waals surface area (Å²) in [6.07, 6.45) is 3.38. The van der Waals surface area contributed by atoms with Crippen molar-refractivity contribution in [2.24, 2.45) is 5.92 Å². The van der Waals surface area contributed by atoms with Crippen LogP contribution < -0.4 is 17.7 Å². The van der Waals surface area contributed by atoms with Crippen molar-refractivity contribution in [2.45, 2.75) is 44.3 Å². The molecule has 0 unspecified atom stereocenters. The van der Waals surface area contributed by atoms with Gasteiger partial charge in [0, 0.05) is 35.9 Å². The van der Waals surface area contributed by atoms with Crippen LogP contribution in [0.1, 0.15) is 41.9 Å². The van der Waals surface area contributed by atoms with Crippen molar-refractivity contribution in [1.82, 2.24) is 5.32 Å². The number of piperidine rings is 1. The molecular weight excluding hydrogens is 450 g/mol. The minimum atomic E-state index is -0.159. The molecule has 1 N–H and O–H groups in total. The second-order valence-corrected chi connectivity index (χ2v) is 10.00. The minimum absolute atomic E-state index is 0. The molecule has 3 aromatic rings. The fourth-order valence-corrected chi connectivity index (χ4v) is 5.53. The Morgan fingerprint density at radius 2 is 1.26 bits per heavy atom. The van der Waals surface area contributed by atoms with E-state index in [0.29, 0.717) is 35.5 Å². The highest BCUT2D eigenvalue weighted by atomic mass is 35.5. The molecule has 0 aromatic heterocycles. The highest BCUT2D eigenvalue weighted by Gasteiger charge is 2.40. The lowest BCUT2D eigenvalue weighted by molar-refractivity contribution is -0.958. The van der Waals surface area contributed by atoms with E-state index in [1.54, 1.807) is 12.1 Å². The number of quaternary nitrogens is 1. The van der Waals surface area contributed by atoms with E-state index in [9.17, 15) is 8.78 Å². The molecule has 180 valence electrons. The van der Waals surface area contributed by atoms with E-state index in [4.69, 9.17) is 0 Å². The lowest BCUT2D eigenvalue weighted by atomic mass is 9.93. The third-order valence-corrected chi connectivity index (χ3v) is 7.64. The first-order valence-corrected chi connectivity index (χ1v) is 12.2. The van der Waals surface area contributed by atoms with Gasteiger partial charge in [0.25, 0.3) is 0 Å². The number of benzene rings is 3. The Bertz CT molecular complexity index is 1020. The highest BCUT2D eigenvalue weighted by Crippen LogP contribution is 2.41. The van der Waals surface area contributed by atoms with Gasteiger partial charge in [-0.2, -0.15) is 0 Å². The van der Waals surface area contributed by atoms with Gasteiger partial charge in [0.05, 0.1) is 13.1 Å². The first kappa shape index (κ1) is 24.8. The summed E-state index contributed by atoms with van der Waals surface area (Å²) in [6.45, 7) is 4.15. The summed E-state index contributed by atoms with van der Waals surface area (Å²) in [7, 11) is 0. The third-order valence-electron chi connectivity index (χ3n) is 7.64. The molecule has 0 bridgehead atoms. The summed E-state index contributed by atoms with van der Waals surface area (Å²) in [5, 5.41) is 3.79. The van der Waals surface area contributed by atoms with Gasteiger partial charge in [-0.3, -0.25) is 0 Å². The Morgan fingerprint density at radius 3 is 1.82 bits per heavy atom. The van der Waals surface area contributed by atoms with Gasteiger partial charge >= 0.3 is 0 Å². The van der Waals surface area contributed by atoms with Crippen LogP contribution in [0.25, 0.3) is 0 Å². The molecule has 5 rings (SSSR count). The molecule has 3 aromatic carbocycles. The zero-order valence-corrected chi connectivity index (χ0v) is 20.2. The van der Waals surface area contributed by atoms with Crippen molar-refractivity contribution >= 4 is 0 Å². The molecule has 1 heterocycles. The lowest BCUT2D eigenvalue weighted by Gasteiger charge is -2.44. The predicted octanol–water partition coefficient (Wildman–Crippen LogP) is 3.04. The van der Waals surface area contributed by atoms with E-state index in [-0.39, 0.29) is 24.0 Å². The molecule has 0 radical (unpaired) electrons. The summed E-state index contributed by atoms with van der Waals surface area (Å²) < 4.78 is 29.7. The molecule has 2 atom stereocenters. The van der Waals surface area contributed by atoms with Crippen LogP contribution in [0.4, 0.5) is 8.78 Å². The van der Waals surface area contributed by atoms with E-state index in [2.05, 4.69) is 35.6 Å². The van der Waals surface area contributed by atoms with Gasteiger partial charge in [-0.15, -0.1) is 0 Å². The van der Waals surface area contributed by atoms with Gasteiger partial charge < -0.3 is 22.2 Å². The van der Waals surface area contributed by atoms with E-state index in [1.807, 2.05) is 24.3 Å². The van der Waals surface area contributed by atoms with E-state index >= 15 is 0 Å². The van der Waals surface area contributed by atoms with Gasteiger partial charge in [0.1, 0.15) is 24.7 Å². The van der Waals surface area contributed by atoms with Crippen molar-refractivity contribution in [3.63, 3.8) is 0 Å². The highest BCUT2D eigenvalue weighted by molar-refractivity contribution is 5.27. The fourth-order valence-electron chi connectivity index (χ4n) is 5.53. The quantitative estimate of drug-likeness (QED) is 0.487. The number of rotatable bonds is 8. The molecule has 2 fully saturated rings. The van der Waals surface area contributed by atoms with Crippen LogP contribution in [0.15, 0.2) is 78.9 Å². The fraction of sp³-hybridized carbons (Fsp3) is 0.379. The molecule has 5 heteroatoms. The van der Waals surface area contributed by atoms with Crippen LogP contribution in [0, 0.1) is 17.6 Å². The molecule has 1 aliphatic heterocycles. The topological polar surface area (TPSA) is 12.0 Å². The smallest absolute Gasteiger partial charge is 0.132 e. The molecule has 1 aliphatic carbocycles. The maximum Gasteiger partial charge on any atom is 0.132 e. The Labute approximate surface area is 208 Å². The van der Waals surface area contributed by atoms with Gasteiger partial charge in [-0.25, -0.2) is 8.78 Å². The van der Waals surface area contributed by atoms with E-state index in [0.717, 1.165) is 43.6 Å². The number of halogens is 3. The Morgan fingerprint density at radius 1 is 0.735 bits per heavy atom. The van der Waals surface area contributed by atoms with Crippen LogP contribution in [0.5, 0.6) is 0 Å². The van der Waals surface area contributed by atoms with Gasteiger partial charge in [-0.1, -0.05) is 66.7 Å². The molecule has 0 amide bonds. The number of hydrogen-bond acceptors (Lipinski definition) is 1. The zero-order valence-electron chi connectivity index (χ0n) is 19.5. The second kappa shape index (κ2) is 11.0. The largest absolute Gasteiger partial charge is 1.00 e. The number of likely N-dealkylation sites (tertiary alicyclic amines) is 1. The lowest BCUT2D eigenvalue weighted by Crippen LogP contribution is -3.00. The van der Waals surface area contributed by atoms with Crippen molar-refractivity contribution in [1.29, 1.82) is 0 Å². The van der Waals surface area contributed by atoms with Gasteiger partial charge in [0.15, 0.2) is 0 Å². The van der Waals surface area contributed by atoms with Crippen LogP contribution in [-0.2, 0) is 13.1 Å². The summed E-state index contributed by atoms with van der Waals surface area (Å²) in [6, 6.07) is 25.4. The summed E-state index contributed by atoms with van der Waals surface area (Å²) in [5.74, 6) is 0.947. The monoisotopic (exact) mass is 482 g/mol.